The van der Waals surface area contributed by atoms with Crippen molar-refractivity contribution in [1.82, 2.24) is 4.98 Å². The molecule has 0 spiro atoms. The third-order valence-corrected chi connectivity index (χ3v) is 2.74. The molecule has 1 aromatic carbocycles. The van der Waals surface area contributed by atoms with E-state index in [1.54, 1.807) is 19.5 Å². The molecule has 2 rings (SSSR count). The molecule has 2 aromatic rings. The number of nitrogens with one attached hydrogen (secondary N) is 1. The van der Waals surface area contributed by atoms with Crippen molar-refractivity contribution in [3.63, 3.8) is 0 Å². The van der Waals surface area contributed by atoms with Crippen LogP contribution in [0.4, 0.5) is 5.69 Å². The molecule has 0 bridgehead atoms. The molecule has 0 saturated carbocycles. The Hall–Kier alpha value is -1.74. The Morgan fingerprint density at radius 3 is 2.71 bits per heavy atom. The van der Waals surface area contributed by atoms with Gasteiger partial charge < -0.3 is 10.1 Å². The first kappa shape index (κ1) is 11.7. The van der Waals surface area contributed by atoms with Crippen LogP contribution >= 0.6 is 11.6 Å². The van der Waals surface area contributed by atoms with Crippen molar-refractivity contribution in [3.05, 3.63) is 53.3 Å². The van der Waals surface area contributed by atoms with Crippen LogP contribution in [0.25, 0.3) is 0 Å². The first-order chi connectivity index (χ1) is 8.29. The largest absolute Gasteiger partial charge is 0.497 e. The number of benzene rings is 1. The zero-order valence-corrected chi connectivity index (χ0v) is 10.2. The molecule has 1 aromatic heterocycles. The molecule has 0 atom stereocenters. The van der Waals surface area contributed by atoms with E-state index < -0.39 is 0 Å². The third-order valence-electron chi connectivity index (χ3n) is 2.41. The Morgan fingerprint density at radius 2 is 2.00 bits per heavy atom. The second kappa shape index (κ2) is 5.55. The fraction of sp³-hybridized carbons (Fsp3) is 0.154. The quantitative estimate of drug-likeness (QED) is 0.901. The van der Waals surface area contributed by atoms with Crippen LogP contribution in [0.5, 0.6) is 5.75 Å². The number of anilines is 1. The van der Waals surface area contributed by atoms with Gasteiger partial charge in [-0.25, -0.2) is 0 Å². The number of rotatable bonds is 4. The molecule has 0 fully saturated rings. The summed E-state index contributed by atoms with van der Waals surface area (Å²) in [5.74, 6) is 0.784. The van der Waals surface area contributed by atoms with Crippen LogP contribution in [0.15, 0.2) is 42.7 Å². The van der Waals surface area contributed by atoms with Gasteiger partial charge in [-0.3, -0.25) is 4.98 Å². The monoisotopic (exact) mass is 248 g/mol. The Kier molecular flexibility index (Phi) is 3.83. The molecule has 1 N–H and O–H groups in total. The fourth-order valence-corrected chi connectivity index (χ4v) is 1.65. The lowest BCUT2D eigenvalue weighted by Gasteiger charge is -2.10. The number of pyridine rings is 1. The first-order valence-corrected chi connectivity index (χ1v) is 5.63. The van der Waals surface area contributed by atoms with Crippen LogP contribution in [-0.4, -0.2) is 12.1 Å². The normalized spacial score (nSPS) is 10.0. The van der Waals surface area contributed by atoms with Gasteiger partial charge in [-0.05, 0) is 29.8 Å². The van der Waals surface area contributed by atoms with E-state index in [9.17, 15) is 0 Å². The van der Waals surface area contributed by atoms with Gasteiger partial charge in [0, 0.05) is 25.0 Å². The molecule has 0 radical (unpaired) electrons. The molecular weight excluding hydrogens is 236 g/mol. The van der Waals surface area contributed by atoms with Gasteiger partial charge in [0.1, 0.15) is 5.75 Å². The zero-order valence-electron chi connectivity index (χ0n) is 9.48. The van der Waals surface area contributed by atoms with Gasteiger partial charge in [0.25, 0.3) is 0 Å². The van der Waals surface area contributed by atoms with Crippen molar-refractivity contribution in [1.29, 1.82) is 0 Å². The van der Waals surface area contributed by atoms with Crippen molar-refractivity contribution in [2.75, 3.05) is 12.4 Å². The number of ether oxygens (including phenoxy) is 1. The summed E-state index contributed by atoms with van der Waals surface area (Å²) in [6.07, 6.45) is 3.54. The summed E-state index contributed by atoms with van der Waals surface area (Å²) in [5.41, 5.74) is 2.02. The zero-order chi connectivity index (χ0) is 12.1. The number of hydrogen-bond donors (Lipinski definition) is 1. The number of aromatic nitrogens is 1. The lowest BCUT2D eigenvalue weighted by Crippen LogP contribution is -2.00. The maximum absolute atomic E-state index is 6.09. The maximum atomic E-state index is 6.09. The molecule has 0 saturated heterocycles. The molecule has 4 heteroatoms. The van der Waals surface area contributed by atoms with E-state index >= 15 is 0 Å². The highest BCUT2D eigenvalue weighted by Gasteiger charge is 2.02. The van der Waals surface area contributed by atoms with E-state index in [2.05, 4.69) is 10.3 Å². The number of methoxy groups -OCH3 is 1. The van der Waals surface area contributed by atoms with Gasteiger partial charge in [-0.15, -0.1) is 0 Å². The van der Waals surface area contributed by atoms with Crippen LogP contribution < -0.4 is 10.1 Å². The topological polar surface area (TPSA) is 34.1 Å². The average Bonchev–Trinajstić information content (AvgIpc) is 2.39. The molecule has 0 aliphatic carbocycles. The van der Waals surface area contributed by atoms with Gasteiger partial charge in [-0.2, -0.15) is 0 Å². The minimum absolute atomic E-state index is 0.680. The molecule has 0 aliphatic heterocycles. The summed E-state index contributed by atoms with van der Waals surface area (Å²) in [6.45, 7) is 0.704. The third kappa shape index (κ3) is 3.11. The Bertz CT molecular complexity index is 488. The maximum Gasteiger partial charge on any atom is 0.121 e. The summed E-state index contributed by atoms with van der Waals surface area (Å²) < 4.78 is 5.15. The molecule has 88 valence electrons. The minimum atomic E-state index is 0.680. The SMILES string of the molecule is COc1ccc(Cl)c(NCc2ccncc2)c1. The highest BCUT2D eigenvalue weighted by atomic mass is 35.5. The van der Waals surface area contributed by atoms with Crippen molar-refractivity contribution in [2.45, 2.75) is 6.54 Å². The van der Waals surface area contributed by atoms with E-state index in [-0.39, 0.29) is 0 Å². The van der Waals surface area contributed by atoms with Gasteiger partial charge in [0.15, 0.2) is 0 Å². The smallest absolute Gasteiger partial charge is 0.121 e. The van der Waals surface area contributed by atoms with Crippen molar-refractivity contribution in [3.8, 4) is 5.75 Å². The van der Waals surface area contributed by atoms with E-state index in [0.29, 0.717) is 11.6 Å². The van der Waals surface area contributed by atoms with Crippen LogP contribution in [0, 0.1) is 0 Å². The van der Waals surface area contributed by atoms with Gasteiger partial charge in [-0.1, -0.05) is 11.6 Å². The van der Waals surface area contributed by atoms with Crippen molar-refractivity contribution >= 4 is 17.3 Å². The predicted octanol–water partition coefficient (Wildman–Crippen LogP) is 3.36. The standard InChI is InChI=1S/C13H13ClN2O/c1-17-11-2-3-12(14)13(8-11)16-9-10-4-6-15-7-5-10/h2-8,16H,9H2,1H3. The first-order valence-electron chi connectivity index (χ1n) is 5.26. The average molecular weight is 249 g/mol. The van der Waals surface area contributed by atoms with Gasteiger partial charge >= 0.3 is 0 Å². The lowest BCUT2D eigenvalue weighted by atomic mass is 10.2. The molecule has 0 amide bonds. The number of nitrogens with zero attached hydrogens (tertiary/aromatic N) is 1. The fourth-order valence-electron chi connectivity index (χ4n) is 1.46. The summed E-state index contributed by atoms with van der Waals surface area (Å²) >= 11 is 6.09. The van der Waals surface area contributed by atoms with E-state index in [1.807, 2.05) is 30.3 Å². The molecule has 17 heavy (non-hydrogen) atoms. The Morgan fingerprint density at radius 1 is 1.24 bits per heavy atom. The second-order valence-electron chi connectivity index (χ2n) is 3.55. The van der Waals surface area contributed by atoms with Crippen molar-refractivity contribution < 1.29 is 4.74 Å². The minimum Gasteiger partial charge on any atom is -0.497 e. The molecule has 0 aliphatic rings. The number of halogens is 1. The highest BCUT2D eigenvalue weighted by Crippen LogP contribution is 2.26. The van der Waals surface area contributed by atoms with E-state index in [1.165, 1.54) is 0 Å². The van der Waals surface area contributed by atoms with Crippen LogP contribution in [-0.2, 0) is 6.54 Å². The van der Waals surface area contributed by atoms with Gasteiger partial charge in [0.05, 0.1) is 17.8 Å². The predicted molar refractivity (Wildman–Crippen MR) is 69.6 cm³/mol. The van der Waals surface area contributed by atoms with Crippen LogP contribution in [0.1, 0.15) is 5.56 Å². The second-order valence-corrected chi connectivity index (χ2v) is 3.96. The lowest BCUT2D eigenvalue weighted by molar-refractivity contribution is 0.415. The molecular formula is C13H13ClN2O. The summed E-state index contributed by atoms with van der Waals surface area (Å²) in [7, 11) is 1.63. The summed E-state index contributed by atoms with van der Waals surface area (Å²) in [6, 6.07) is 9.45. The summed E-state index contributed by atoms with van der Waals surface area (Å²) in [4.78, 5) is 3.97. The van der Waals surface area contributed by atoms with E-state index in [0.717, 1.165) is 17.0 Å². The molecule has 0 unspecified atom stereocenters. The molecule has 1 heterocycles. The summed E-state index contributed by atoms with van der Waals surface area (Å²) in [5, 5.41) is 3.94. The van der Waals surface area contributed by atoms with Crippen molar-refractivity contribution in [2.24, 2.45) is 0 Å². The Balaban J connectivity index is 2.08. The highest BCUT2D eigenvalue weighted by molar-refractivity contribution is 6.33. The van der Waals surface area contributed by atoms with Crippen LogP contribution in [0.3, 0.4) is 0 Å². The number of hydrogen-bond acceptors (Lipinski definition) is 3. The Labute approximate surface area is 105 Å². The van der Waals surface area contributed by atoms with E-state index in [4.69, 9.17) is 16.3 Å². The van der Waals surface area contributed by atoms with Gasteiger partial charge in [0.2, 0.25) is 0 Å². The van der Waals surface area contributed by atoms with Crippen LogP contribution in [0.2, 0.25) is 5.02 Å². The molecule has 3 nitrogen and oxygen atoms in total.